The molecule has 0 bridgehead atoms. The SMILES string of the molecule is CC(C)N(CCO)C(=O)CS. The van der Waals surface area contributed by atoms with Crippen LogP contribution < -0.4 is 0 Å². The van der Waals surface area contributed by atoms with Crippen molar-refractivity contribution in [2.75, 3.05) is 18.9 Å². The summed E-state index contributed by atoms with van der Waals surface area (Å²) in [6, 6.07) is 0.141. The van der Waals surface area contributed by atoms with E-state index in [1.54, 1.807) is 4.90 Å². The third-order valence-electron chi connectivity index (χ3n) is 1.42. The second-order valence-electron chi connectivity index (χ2n) is 2.56. The number of rotatable bonds is 4. The Morgan fingerprint density at radius 3 is 2.45 bits per heavy atom. The summed E-state index contributed by atoms with van der Waals surface area (Å²) in [5.41, 5.74) is 0. The maximum atomic E-state index is 11.1. The van der Waals surface area contributed by atoms with Crippen LogP contribution in [0.3, 0.4) is 0 Å². The number of thiol groups is 1. The van der Waals surface area contributed by atoms with Gasteiger partial charge in [0.25, 0.3) is 0 Å². The van der Waals surface area contributed by atoms with E-state index in [1.165, 1.54) is 0 Å². The molecular formula is C7H15NO2S. The molecule has 11 heavy (non-hydrogen) atoms. The highest BCUT2D eigenvalue weighted by Crippen LogP contribution is 1.98. The van der Waals surface area contributed by atoms with Gasteiger partial charge in [0.1, 0.15) is 0 Å². The van der Waals surface area contributed by atoms with Crippen LogP contribution in [0.1, 0.15) is 13.8 Å². The van der Waals surface area contributed by atoms with E-state index in [2.05, 4.69) is 12.6 Å². The van der Waals surface area contributed by atoms with Gasteiger partial charge in [-0.1, -0.05) is 0 Å². The van der Waals surface area contributed by atoms with E-state index in [0.717, 1.165) is 0 Å². The molecule has 0 aliphatic heterocycles. The Morgan fingerprint density at radius 2 is 2.18 bits per heavy atom. The van der Waals surface area contributed by atoms with Gasteiger partial charge in [0.2, 0.25) is 5.91 Å². The summed E-state index contributed by atoms with van der Waals surface area (Å²) in [4.78, 5) is 12.7. The Kier molecular flexibility index (Phi) is 5.32. The average molecular weight is 177 g/mol. The Hall–Kier alpha value is -0.220. The van der Waals surface area contributed by atoms with Crippen LogP contribution in [0.2, 0.25) is 0 Å². The van der Waals surface area contributed by atoms with Crippen molar-refractivity contribution in [1.29, 1.82) is 0 Å². The largest absolute Gasteiger partial charge is 0.395 e. The van der Waals surface area contributed by atoms with Gasteiger partial charge in [-0.15, -0.1) is 0 Å². The lowest BCUT2D eigenvalue weighted by Gasteiger charge is -2.24. The molecule has 0 aromatic heterocycles. The van der Waals surface area contributed by atoms with E-state index in [4.69, 9.17) is 5.11 Å². The summed E-state index contributed by atoms with van der Waals surface area (Å²) >= 11 is 3.87. The molecule has 0 saturated carbocycles. The van der Waals surface area contributed by atoms with Crippen molar-refractivity contribution in [3.05, 3.63) is 0 Å². The van der Waals surface area contributed by atoms with Crippen molar-refractivity contribution in [1.82, 2.24) is 4.90 Å². The first-order valence-electron chi connectivity index (χ1n) is 3.64. The molecule has 0 spiro atoms. The van der Waals surface area contributed by atoms with E-state index in [1.807, 2.05) is 13.8 Å². The number of hydrogen-bond donors (Lipinski definition) is 2. The highest BCUT2D eigenvalue weighted by Gasteiger charge is 2.13. The second-order valence-corrected chi connectivity index (χ2v) is 2.88. The van der Waals surface area contributed by atoms with Crippen molar-refractivity contribution >= 4 is 18.5 Å². The first-order valence-corrected chi connectivity index (χ1v) is 4.28. The zero-order valence-electron chi connectivity index (χ0n) is 6.95. The fourth-order valence-electron chi connectivity index (χ4n) is 0.869. The molecule has 0 rings (SSSR count). The van der Waals surface area contributed by atoms with E-state index in [-0.39, 0.29) is 24.3 Å². The normalized spacial score (nSPS) is 10.3. The number of carbonyl (C=O) groups excluding carboxylic acids is 1. The van der Waals surface area contributed by atoms with Gasteiger partial charge in [-0.25, -0.2) is 0 Å². The number of hydrogen-bond acceptors (Lipinski definition) is 3. The Morgan fingerprint density at radius 1 is 1.64 bits per heavy atom. The molecule has 66 valence electrons. The molecule has 3 nitrogen and oxygen atoms in total. The van der Waals surface area contributed by atoms with Crippen molar-refractivity contribution < 1.29 is 9.90 Å². The van der Waals surface area contributed by atoms with Gasteiger partial charge >= 0.3 is 0 Å². The molecule has 0 aromatic carbocycles. The van der Waals surface area contributed by atoms with E-state index in [9.17, 15) is 4.79 Å². The third-order valence-corrected chi connectivity index (χ3v) is 1.69. The predicted molar refractivity (Wildman–Crippen MR) is 47.8 cm³/mol. The summed E-state index contributed by atoms with van der Waals surface area (Å²) in [6.45, 7) is 4.24. The lowest BCUT2D eigenvalue weighted by Crippen LogP contribution is -2.39. The maximum Gasteiger partial charge on any atom is 0.232 e. The molecule has 4 heteroatoms. The van der Waals surface area contributed by atoms with Gasteiger partial charge in [-0.3, -0.25) is 4.79 Å². The van der Waals surface area contributed by atoms with Crippen LogP contribution in [0.4, 0.5) is 0 Å². The highest BCUT2D eigenvalue weighted by molar-refractivity contribution is 7.81. The fourth-order valence-corrected chi connectivity index (χ4v) is 1.05. The van der Waals surface area contributed by atoms with Gasteiger partial charge in [-0.2, -0.15) is 12.6 Å². The number of carbonyl (C=O) groups is 1. The zero-order chi connectivity index (χ0) is 8.85. The number of aliphatic hydroxyl groups is 1. The van der Waals surface area contributed by atoms with Gasteiger partial charge in [0, 0.05) is 12.6 Å². The van der Waals surface area contributed by atoms with Gasteiger partial charge in [0.15, 0.2) is 0 Å². The highest BCUT2D eigenvalue weighted by atomic mass is 32.1. The van der Waals surface area contributed by atoms with Crippen LogP contribution in [-0.2, 0) is 4.79 Å². The smallest absolute Gasteiger partial charge is 0.232 e. The van der Waals surface area contributed by atoms with Crippen LogP contribution in [0.5, 0.6) is 0 Å². The van der Waals surface area contributed by atoms with E-state index in [0.29, 0.717) is 6.54 Å². The minimum atomic E-state index is -0.0302. The van der Waals surface area contributed by atoms with E-state index < -0.39 is 0 Å². The number of nitrogens with zero attached hydrogens (tertiary/aromatic N) is 1. The summed E-state index contributed by atoms with van der Waals surface area (Å²) < 4.78 is 0. The van der Waals surface area contributed by atoms with Crippen LogP contribution in [0.15, 0.2) is 0 Å². The molecular weight excluding hydrogens is 162 g/mol. The fraction of sp³-hybridized carbons (Fsp3) is 0.857. The average Bonchev–Trinajstić information content (AvgIpc) is 1.98. The van der Waals surface area contributed by atoms with E-state index >= 15 is 0 Å². The topological polar surface area (TPSA) is 40.5 Å². The molecule has 0 radical (unpaired) electrons. The molecule has 0 atom stereocenters. The molecule has 0 unspecified atom stereocenters. The lowest BCUT2D eigenvalue weighted by molar-refractivity contribution is -0.130. The predicted octanol–water partition coefficient (Wildman–Crippen LogP) is 0.145. The molecule has 1 amide bonds. The summed E-state index contributed by atoms with van der Waals surface area (Å²) in [5.74, 6) is 0.176. The zero-order valence-corrected chi connectivity index (χ0v) is 7.84. The van der Waals surface area contributed by atoms with Crippen LogP contribution >= 0.6 is 12.6 Å². The van der Waals surface area contributed by atoms with Crippen molar-refractivity contribution in [2.24, 2.45) is 0 Å². The summed E-state index contributed by atoms with van der Waals surface area (Å²) in [5, 5.41) is 8.61. The lowest BCUT2D eigenvalue weighted by atomic mass is 10.3. The number of amides is 1. The Bertz CT molecular complexity index is 128. The summed E-state index contributed by atoms with van der Waals surface area (Å²) in [6.07, 6.45) is 0. The van der Waals surface area contributed by atoms with Crippen LogP contribution in [-0.4, -0.2) is 40.9 Å². The maximum absolute atomic E-state index is 11.1. The first kappa shape index (κ1) is 10.8. The van der Waals surface area contributed by atoms with Crippen LogP contribution in [0.25, 0.3) is 0 Å². The minimum Gasteiger partial charge on any atom is -0.395 e. The van der Waals surface area contributed by atoms with Crippen molar-refractivity contribution in [3.8, 4) is 0 Å². The molecule has 0 aliphatic carbocycles. The molecule has 0 aliphatic rings. The Labute approximate surface area is 72.8 Å². The van der Waals surface area contributed by atoms with Gasteiger partial charge in [0.05, 0.1) is 12.4 Å². The minimum absolute atomic E-state index is 0.0116. The first-order chi connectivity index (χ1) is 5.13. The monoisotopic (exact) mass is 177 g/mol. The van der Waals surface area contributed by atoms with Crippen molar-refractivity contribution in [3.63, 3.8) is 0 Å². The molecule has 1 N–H and O–H groups in total. The summed E-state index contributed by atoms with van der Waals surface area (Å²) in [7, 11) is 0. The molecule has 0 heterocycles. The third kappa shape index (κ3) is 3.62. The second kappa shape index (κ2) is 5.43. The van der Waals surface area contributed by atoms with Crippen LogP contribution in [0, 0.1) is 0 Å². The Balaban J connectivity index is 3.98. The van der Waals surface area contributed by atoms with Gasteiger partial charge < -0.3 is 10.0 Å². The molecule has 0 aromatic rings. The standard InChI is InChI=1S/C7H15NO2S/c1-6(2)8(3-4-9)7(10)5-11/h6,9,11H,3-5H2,1-2H3. The molecule has 0 saturated heterocycles. The van der Waals surface area contributed by atoms with Crippen molar-refractivity contribution in [2.45, 2.75) is 19.9 Å². The molecule has 0 fully saturated rings. The quantitative estimate of drug-likeness (QED) is 0.600. The van der Waals surface area contributed by atoms with Gasteiger partial charge in [-0.05, 0) is 13.8 Å². The number of aliphatic hydroxyl groups excluding tert-OH is 1.